The number of hydrogen-bond acceptors (Lipinski definition) is 5. The second-order valence-corrected chi connectivity index (χ2v) is 4.23. The average Bonchev–Trinajstić information content (AvgIpc) is 2.82. The Morgan fingerprint density at radius 3 is 3.05 bits per heavy atom. The van der Waals surface area contributed by atoms with Crippen LogP contribution in [0, 0.1) is 6.92 Å². The van der Waals surface area contributed by atoms with E-state index in [-0.39, 0.29) is 25.7 Å². The van der Waals surface area contributed by atoms with E-state index >= 15 is 0 Å². The number of carboxylic acid groups (broad SMARTS) is 1. The number of ether oxygens (including phenoxy) is 1. The van der Waals surface area contributed by atoms with E-state index in [1.165, 1.54) is 4.90 Å². The van der Waals surface area contributed by atoms with Crippen LogP contribution < -0.4 is 5.32 Å². The van der Waals surface area contributed by atoms with Crippen molar-refractivity contribution in [1.29, 1.82) is 0 Å². The molecule has 104 valence electrons. The van der Waals surface area contributed by atoms with Crippen LogP contribution in [0.1, 0.15) is 11.5 Å². The lowest BCUT2D eigenvalue weighted by molar-refractivity contribution is -0.154. The Morgan fingerprint density at radius 1 is 1.63 bits per heavy atom. The van der Waals surface area contributed by atoms with Crippen molar-refractivity contribution in [3.05, 3.63) is 17.5 Å². The normalized spacial score (nSPS) is 19.2. The summed E-state index contributed by atoms with van der Waals surface area (Å²) in [5.74, 6) is -0.397. The minimum absolute atomic E-state index is 0.0407. The van der Waals surface area contributed by atoms with Gasteiger partial charge in [0.15, 0.2) is 6.10 Å². The maximum absolute atomic E-state index is 11.9. The van der Waals surface area contributed by atoms with Gasteiger partial charge in [0.2, 0.25) is 0 Å². The highest BCUT2D eigenvalue weighted by Crippen LogP contribution is 2.06. The number of carbonyl (C=O) groups is 2. The summed E-state index contributed by atoms with van der Waals surface area (Å²) in [6.07, 6.45) is -0.964. The predicted octanol–water partition coefficient (Wildman–Crippen LogP) is -0.0220. The third-order valence-corrected chi connectivity index (χ3v) is 2.73. The Balaban J connectivity index is 1.84. The number of aliphatic carboxylic acids is 1. The minimum Gasteiger partial charge on any atom is -0.479 e. The van der Waals surface area contributed by atoms with Gasteiger partial charge in [-0.2, -0.15) is 0 Å². The smallest absolute Gasteiger partial charge is 0.334 e. The van der Waals surface area contributed by atoms with Gasteiger partial charge in [0.1, 0.15) is 11.5 Å². The zero-order chi connectivity index (χ0) is 13.8. The first-order chi connectivity index (χ1) is 9.06. The molecule has 0 saturated carbocycles. The van der Waals surface area contributed by atoms with Gasteiger partial charge in [-0.1, -0.05) is 5.16 Å². The van der Waals surface area contributed by atoms with Crippen LogP contribution in [0.3, 0.4) is 0 Å². The van der Waals surface area contributed by atoms with Gasteiger partial charge in [-0.25, -0.2) is 9.59 Å². The highest BCUT2D eigenvalue weighted by molar-refractivity contribution is 5.77. The molecule has 19 heavy (non-hydrogen) atoms. The van der Waals surface area contributed by atoms with Crippen molar-refractivity contribution in [2.75, 3.05) is 19.7 Å². The molecule has 1 aliphatic rings. The van der Waals surface area contributed by atoms with E-state index in [9.17, 15) is 9.59 Å². The number of urea groups is 1. The Labute approximate surface area is 109 Å². The van der Waals surface area contributed by atoms with Gasteiger partial charge in [-0.3, -0.25) is 0 Å². The molecule has 1 aromatic heterocycles. The number of carboxylic acids is 1. The molecule has 8 nitrogen and oxygen atoms in total. The number of aromatic nitrogens is 1. The summed E-state index contributed by atoms with van der Waals surface area (Å²) in [6, 6.07) is 1.38. The van der Waals surface area contributed by atoms with Gasteiger partial charge < -0.3 is 24.6 Å². The molecule has 1 aliphatic heterocycles. The van der Waals surface area contributed by atoms with Crippen molar-refractivity contribution in [2.24, 2.45) is 0 Å². The Bertz CT molecular complexity index is 473. The monoisotopic (exact) mass is 269 g/mol. The highest BCUT2D eigenvalue weighted by atomic mass is 16.5. The van der Waals surface area contributed by atoms with Gasteiger partial charge in [0, 0.05) is 12.6 Å². The number of nitrogens with zero attached hydrogens (tertiary/aromatic N) is 2. The van der Waals surface area contributed by atoms with Crippen LogP contribution in [-0.2, 0) is 16.1 Å². The molecule has 2 amide bonds. The summed E-state index contributed by atoms with van der Waals surface area (Å²) in [6.45, 7) is 2.63. The fourth-order valence-corrected chi connectivity index (χ4v) is 1.76. The average molecular weight is 269 g/mol. The summed E-state index contributed by atoms with van der Waals surface area (Å²) in [4.78, 5) is 24.1. The number of hydrogen-bond donors (Lipinski definition) is 2. The molecule has 1 unspecified atom stereocenters. The Morgan fingerprint density at radius 2 is 2.42 bits per heavy atom. The number of carbonyl (C=O) groups excluding carboxylic acids is 1. The fraction of sp³-hybridized carbons (Fsp3) is 0.545. The number of morpholine rings is 1. The molecule has 8 heteroatoms. The van der Waals surface area contributed by atoms with E-state index < -0.39 is 12.1 Å². The van der Waals surface area contributed by atoms with Gasteiger partial charge in [-0.05, 0) is 6.92 Å². The SMILES string of the molecule is Cc1cc(CNC(=O)N2CCOC(C(=O)O)C2)no1. The molecule has 1 atom stereocenters. The quantitative estimate of drug-likeness (QED) is 0.798. The molecule has 0 aromatic carbocycles. The van der Waals surface area contributed by atoms with E-state index in [1.54, 1.807) is 13.0 Å². The molecule has 1 saturated heterocycles. The van der Waals surface area contributed by atoms with E-state index in [4.69, 9.17) is 14.4 Å². The summed E-state index contributed by atoms with van der Waals surface area (Å²) in [7, 11) is 0. The lowest BCUT2D eigenvalue weighted by Crippen LogP contribution is -2.51. The van der Waals surface area contributed by atoms with Crippen LogP contribution in [0.25, 0.3) is 0 Å². The number of aryl methyl sites for hydroxylation is 1. The fourth-order valence-electron chi connectivity index (χ4n) is 1.76. The van der Waals surface area contributed by atoms with Crippen molar-refractivity contribution in [3.63, 3.8) is 0 Å². The van der Waals surface area contributed by atoms with E-state index in [2.05, 4.69) is 10.5 Å². The van der Waals surface area contributed by atoms with E-state index in [0.29, 0.717) is 18.0 Å². The first-order valence-electron chi connectivity index (χ1n) is 5.85. The zero-order valence-corrected chi connectivity index (χ0v) is 10.5. The largest absolute Gasteiger partial charge is 0.479 e. The summed E-state index contributed by atoms with van der Waals surface area (Å²) in [5, 5.41) is 15.2. The standard InChI is InChI=1S/C11H15N3O5/c1-7-4-8(13-19-7)5-12-11(17)14-2-3-18-9(6-14)10(15)16/h4,9H,2-3,5-6H2,1H3,(H,12,17)(H,15,16). The first kappa shape index (κ1) is 13.3. The van der Waals surface area contributed by atoms with Gasteiger partial charge >= 0.3 is 12.0 Å². The van der Waals surface area contributed by atoms with Crippen LogP contribution in [-0.4, -0.2) is 53.0 Å². The molecule has 0 spiro atoms. The third kappa shape index (κ3) is 3.44. The second kappa shape index (κ2) is 5.70. The Kier molecular flexibility index (Phi) is 4.00. The van der Waals surface area contributed by atoms with E-state index in [0.717, 1.165) is 0 Å². The molecule has 2 N–H and O–H groups in total. The number of amides is 2. The second-order valence-electron chi connectivity index (χ2n) is 4.23. The van der Waals surface area contributed by atoms with Gasteiger partial charge in [-0.15, -0.1) is 0 Å². The molecule has 0 aliphatic carbocycles. The lowest BCUT2D eigenvalue weighted by Gasteiger charge is -2.30. The highest BCUT2D eigenvalue weighted by Gasteiger charge is 2.28. The number of nitrogens with one attached hydrogen (secondary N) is 1. The van der Waals surface area contributed by atoms with E-state index in [1.807, 2.05) is 0 Å². The summed E-state index contributed by atoms with van der Waals surface area (Å²) in [5.41, 5.74) is 0.619. The molecule has 2 rings (SSSR count). The molecule has 0 radical (unpaired) electrons. The van der Waals surface area contributed by atoms with Crippen molar-refractivity contribution in [2.45, 2.75) is 19.6 Å². The molecular weight excluding hydrogens is 254 g/mol. The third-order valence-electron chi connectivity index (χ3n) is 2.73. The lowest BCUT2D eigenvalue weighted by atomic mass is 10.3. The maximum atomic E-state index is 11.9. The summed E-state index contributed by atoms with van der Waals surface area (Å²) >= 11 is 0. The van der Waals surface area contributed by atoms with Crippen LogP contribution >= 0.6 is 0 Å². The van der Waals surface area contributed by atoms with Gasteiger partial charge in [0.25, 0.3) is 0 Å². The first-order valence-corrected chi connectivity index (χ1v) is 5.85. The topological polar surface area (TPSA) is 105 Å². The number of rotatable bonds is 3. The van der Waals surface area contributed by atoms with Crippen LogP contribution in [0.2, 0.25) is 0 Å². The minimum atomic E-state index is -1.07. The molecule has 1 aromatic rings. The van der Waals surface area contributed by atoms with Crippen LogP contribution in [0.15, 0.2) is 10.6 Å². The molecule has 2 heterocycles. The Hall–Kier alpha value is -2.09. The van der Waals surface area contributed by atoms with Crippen LogP contribution in [0.5, 0.6) is 0 Å². The van der Waals surface area contributed by atoms with Crippen molar-refractivity contribution in [1.82, 2.24) is 15.4 Å². The molecular formula is C11H15N3O5. The predicted molar refractivity (Wildman–Crippen MR) is 62.4 cm³/mol. The zero-order valence-electron chi connectivity index (χ0n) is 10.5. The van der Waals surface area contributed by atoms with Crippen molar-refractivity contribution < 1.29 is 24.0 Å². The van der Waals surface area contributed by atoms with Gasteiger partial charge in [0.05, 0.1) is 19.7 Å². The maximum Gasteiger partial charge on any atom is 0.334 e. The molecule has 1 fully saturated rings. The molecule has 0 bridgehead atoms. The van der Waals surface area contributed by atoms with Crippen molar-refractivity contribution in [3.8, 4) is 0 Å². The van der Waals surface area contributed by atoms with Crippen LogP contribution in [0.4, 0.5) is 4.79 Å². The summed E-state index contributed by atoms with van der Waals surface area (Å²) < 4.78 is 9.92. The van der Waals surface area contributed by atoms with Crippen molar-refractivity contribution >= 4 is 12.0 Å².